The van der Waals surface area contributed by atoms with Gasteiger partial charge in [0.05, 0.1) is 5.01 Å². The minimum atomic E-state index is -0.0571. The van der Waals surface area contributed by atoms with E-state index in [1.807, 2.05) is 5.38 Å². The Morgan fingerprint density at radius 3 is 2.89 bits per heavy atom. The number of carbonyl (C=O) groups excluding carboxylic acids is 1. The standard InChI is InChI=1S/C13H22N4OS/c1-10(2)13-16-11(9-19-13)12(18)15-5-8-17-6-3-14-4-7-17/h9-10,14H,3-8H2,1-2H3,(H,15,18). The largest absolute Gasteiger partial charge is 0.349 e. The SMILES string of the molecule is CC(C)c1nc(C(=O)NCCN2CCNCC2)cs1. The highest BCUT2D eigenvalue weighted by Gasteiger charge is 2.13. The monoisotopic (exact) mass is 282 g/mol. The van der Waals surface area contributed by atoms with Crippen molar-refractivity contribution < 1.29 is 4.79 Å². The molecule has 0 aliphatic carbocycles. The first kappa shape index (κ1) is 14.4. The summed E-state index contributed by atoms with van der Waals surface area (Å²) in [6.45, 7) is 9.97. The van der Waals surface area contributed by atoms with Gasteiger partial charge in [0.15, 0.2) is 0 Å². The Labute approximate surface area is 118 Å². The lowest BCUT2D eigenvalue weighted by molar-refractivity contribution is 0.0943. The van der Waals surface area contributed by atoms with E-state index in [1.165, 1.54) is 0 Å². The molecule has 0 saturated carbocycles. The van der Waals surface area contributed by atoms with Gasteiger partial charge in [0.1, 0.15) is 5.69 Å². The second kappa shape index (κ2) is 6.98. The molecule has 1 amide bonds. The van der Waals surface area contributed by atoms with Crippen molar-refractivity contribution in [3.63, 3.8) is 0 Å². The Hall–Kier alpha value is -0.980. The van der Waals surface area contributed by atoms with Gasteiger partial charge in [0.2, 0.25) is 0 Å². The number of nitrogens with zero attached hydrogens (tertiary/aromatic N) is 2. The number of nitrogens with one attached hydrogen (secondary N) is 2. The number of hydrogen-bond acceptors (Lipinski definition) is 5. The lowest BCUT2D eigenvalue weighted by atomic mass is 10.2. The van der Waals surface area contributed by atoms with Crippen LogP contribution in [0.5, 0.6) is 0 Å². The summed E-state index contributed by atoms with van der Waals surface area (Å²) in [5.74, 6) is 0.325. The molecular weight excluding hydrogens is 260 g/mol. The van der Waals surface area contributed by atoms with Crippen LogP contribution in [0, 0.1) is 0 Å². The number of aromatic nitrogens is 1. The van der Waals surface area contributed by atoms with Gasteiger partial charge in [-0.2, -0.15) is 0 Å². The second-order valence-electron chi connectivity index (χ2n) is 5.07. The summed E-state index contributed by atoms with van der Waals surface area (Å²) in [7, 11) is 0. The summed E-state index contributed by atoms with van der Waals surface area (Å²) < 4.78 is 0. The zero-order chi connectivity index (χ0) is 13.7. The number of thiazole rings is 1. The maximum atomic E-state index is 11.9. The van der Waals surface area contributed by atoms with Gasteiger partial charge in [0.25, 0.3) is 5.91 Å². The Kier molecular flexibility index (Phi) is 5.30. The van der Waals surface area contributed by atoms with Crippen molar-refractivity contribution in [2.45, 2.75) is 19.8 Å². The molecule has 1 aliphatic rings. The van der Waals surface area contributed by atoms with E-state index >= 15 is 0 Å². The molecule has 1 aliphatic heterocycles. The Morgan fingerprint density at radius 2 is 2.26 bits per heavy atom. The Balaban J connectivity index is 1.74. The van der Waals surface area contributed by atoms with E-state index < -0.39 is 0 Å². The van der Waals surface area contributed by atoms with Crippen molar-refractivity contribution in [1.82, 2.24) is 20.5 Å². The molecule has 0 unspecified atom stereocenters. The predicted octanol–water partition coefficient (Wildman–Crippen LogP) is 0.901. The second-order valence-corrected chi connectivity index (χ2v) is 5.96. The van der Waals surface area contributed by atoms with E-state index in [1.54, 1.807) is 11.3 Å². The molecule has 1 fully saturated rings. The van der Waals surface area contributed by atoms with Gasteiger partial charge < -0.3 is 10.6 Å². The van der Waals surface area contributed by atoms with Crippen LogP contribution >= 0.6 is 11.3 Å². The number of piperazine rings is 1. The Morgan fingerprint density at radius 1 is 1.53 bits per heavy atom. The molecular formula is C13H22N4OS. The van der Waals surface area contributed by atoms with Gasteiger partial charge in [-0.1, -0.05) is 13.8 Å². The molecule has 19 heavy (non-hydrogen) atoms. The van der Waals surface area contributed by atoms with Crippen molar-refractivity contribution >= 4 is 17.2 Å². The average molecular weight is 282 g/mol. The quantitative estimate of drug-likeness (QED) is 0.842. The van der Waals surface area contributed by atoms with E-state index in [2.05, 4.69) is 34.4 Å². The summed E-state index contributed by atoms with van der Waals surface area (Å²) in [5, 5.41) is 9.12. The molecule has 0 radical (unpaired) electrons. The molecule has 106 valence electrons. The molecule has 0 aromatic carbocycles. The molecule has 1 aromatic heterocycles. The summed E-state index contributed by atoms with van der Waals surface area (Å²) in [4.78, 5) is 18.6. The number of carbonyl (C=O) groups is 1. The first-order valence-electron chi connectivity index (χ1n) is 6.83. The topological polar surface area (TPSA) is 57.3 Å². The van der Waals surface area contributed by atoms with Crippen molar-refractivity contribution in [1.29, 1.82) is 0 Å². The van der Waals surface area contributed by atoms with Crippen LogP contribution in [-0.4, -0.2) is 55.1 Å². The molecule has 0 bridgehead atoms. The predicted molar refractivity (Wildman–Crippen MR) is 77.8 cm³/mol. The van der Waals surface area contributed by atoms with E-state index in [-0.39, 0.29) is 5.91 Å². The third-order valence-corrected chi connectivity index (χ3v) is 4.32. The van der Waals surface area contributed by atoms with Gasteiger partial charge >= 0.3 is 0 Å². The van der Waals surface area contributed by atoms with Crippen LogP contribution < -0.4 is 10.6 Å². The first-order chi connectivity index (χ1) is 9.16. The average Bonchev–Trinajstić information content (AvgIpc) is 2.89. The highest BCUT2D eigenvalue weighted by Crippen LogP contribution is 2.18. The highest BCUT2D eigenvalue weighted by molar-refractivity contribution is 7.09. The first-order valence-corrected chi connectivity index (χ1v) is 7.71. The number of rotatable bonds is 5. The minimum absolute atomic E-state index is 0.0571. The summed E-state index contributed by atoms with van der Waals surface area (Å²) in [5.41, 5.74) is 0.550. The maximum absolute atomic E-state index is 11.9. The van der Waals surface area contributed by atoms with Crippen LogP contribution in [0.3, 0.4) is 0 Å². The van der Waals surface area contributed by atoms with Crippen LogP contribution in [0.2, 0.25) is 0 Å². The third kappa shape index (κ3) is 4.26. The molecule has 1 aromatic rings. The van der Waals surface area contributed by atoms with Crippen LogP contribution in [0.1, 0.15) is 35.3 Å². The van der Waals surface area contributed by atoms with Gasteiger partial charge in [-0.05, 0) is 0 Å². The van der Waals surface area contributed by atoms with E-state index in [0.29, 0.717) is 18.2 Å². The molecule has 1 saturated heterocycles. The lowest BCUT2D eigenvalue weighted by Crippen LogP contribution is -2.46. The van der Waals surface area contributed by atoms with Crippen molar-refractivity contribution in [3.8, 4) is 0 Å². The van der Waals surface area contributed by atoms with Crippen LogP contribution in [-0.2, 0) is 0 Å². The van der Waals surface area contributed by atoms with E-state index in [9.17, 15) is 4.79 Å². The number of hydrogen-bond donors (Lipinski definition) is 2. The van der Waals surface area contributed by atoms with Crippen molar-refractivity contribution in [3.05, 3.63) is 16.1 Å². The maximum Gasteiger partial charge on any atom is 0.270 e. The van der Waals surface area contributed by atoms with Gasteiger partial charge in [-0.25, -0.2) is 4.98 Å². The van der Waals surface area contributed by atoms with Crippen LogP contribution in [0.25, 0.3) is 0 Å². The molecule has 5 nitrogen and oxygen atoms in total. The Bertz CT molecular complexity index is 413. The fourth-order valence-corrected chi connectivity index (χ4v) is 2.83. The van der Waals surface area contributed by atoms with Crippen molar-refractivity contribution in [2.75, 3.05) is 39.3 Å². The summed E-state index contributed by atoms with van der Waals surface area (Å²) in [6.07, 6.45) is 0. The number of amides is 1. The van der Waals surface area contributed by atoms with E-state index in [4.69, 9.17) is 0 Å². The molecule has 2 heterocycles. The van der Waals surface area contributed by atoms with Crippen molar-refractivity contribution in [2.24, 2.45) is 0 Å². The zero-order valence-corrected chi connectivity index (χ0v) is 12.4. The third-order valence-electron chi connectivity index (χ3n) is 3.17. The van der Waals surface area contributed by atoms with Crippen LogP contribution in [0.15, 0.2) is 5.38 Å². The van der Waals surface area contributed by atoms with E-state index in [0.717, 1.165) is 37.7 Å². The van der Waals surface area contributed by atoms with Crippen LogP contribution in [0.4, 0.5) is 0 Å². The van der Waals surface area contributed by atoms with Gasteiger partial charge in [-0.3, -0.25) is 9.69 Å². The normalized spacial score (nSPS) is 16.8. The molecule has 0 spiro atoms. The molecule has 2 N–H and O–H groups in total. The van der Waals surface area contributed by atoms with Gasteiger partial charge in [0, 0.05) is 50.6 Å². The summed E-state index contributed by atoms with van der Waals surface area (Å²) in [6, 6.07) is 0. The molecule has 2 rings (SSSR count). The molecule has 0 atom stereocenters. The summed E-state index contributed by atoms with van der Waals surface area (Å²) >= 11 is 1.56. The fraction of sp³-hybridized carbons (Fsp3) is 0.692. The zero-order valence-electron chi connectivity index (χ0n) is 11.6. The minimum Gasteiger partial charge on any atom is -0.349 e. The lowest BCUT2D eigenvalue weighted by Gasteiger charge is -2.26. The highest BCUT2D eigenvalue weighted by atomic mass is 32.1. The smallest absolute Gasteiger partial charge is 0.270 e. The fourth-order valence-electron chi connectivity index (χ4n) is 2.01. The molecule has 6 heteroatoms. The van der Waals surface area contributed by atoms with Gasteiger partial charge in [-0.15, -0.1) is 11.3 Å².